The standard InChI is InChI=1S/C15H24ClNO/c1-4-12(5-2)10-17(6-3)11-13-8-7-9-14(16)15(13)18/h7-9,12,18H,4-6,10-11H2,1-3H3. The van der Waals surface area contributed by atoms with E-state index in [-0.39, 0.29) is 5.75 Å². The quantitative estimate of drug-likeness (QED) is 0.798. The molecule has 0 aliphatic carbocycles. The van der Waals surface area contributed by atoms with Crippen molar-refractivity contribution in [3.8, 4) is 5.75 Å². The molecule has 0 radical (unpaired) electrons. The molecule has 0 aliphatic heterocycles. The fourth-order valence-electron chi connectivity index (χ4n) is 2.15. The molecule has 0 aliphatic rings. The second-order valence-electron chi connectivity index (χ2n) is 4.76. The first-order valence-corrected chi connectivity index (χ1v) is 7.18. The molecule has 1 rings (SSSR count). The summed E-state index contributed by atoms with van der Waals surface area (Å²) in [5.74, 6) is 0.952. The molecule has 18 heavy (non-hydrogen) atoms. The third-order valence-corrected chi connectivity index (χ3v) is 3.89. The van der Waals surface area contributed by atoms with Gasteiger partial charge in [-0.25, -0.2) is 0 Å². The molecule has 0 spiro atoms. The first kappa shape index (κ1) is 15.3. The molecule has 0 fully saturated rings. The van der Waals surface area contributed by atoms with Crippen molar-refractivity contribution in [2.24, 2.45) is 5.92 Å². The third-order valence-electron chi connectivity index (χ3n) is 3.58. The highest BCUT2D eigenvalue weighted by Crippen LogP contribution is 2.28. The Morgan fingerprint density at radius 2 is 1.89 bits per heavy atom. The van der Waals surface area contributed by atoms with Crippen LogP contribution in [0.25, 0.3) is 0 Å². The lowest BCUT2D eigenvalue weighted by Gasteiger charge is -2.25. The molecule has 1 aromatic rings. The molecule has 0 aromatic heterocycles. The van der Waals surface area contributed by atoms with Crippen LogP contribution in [0.15, 0.2) is 18.2 Å². The van der Waals surface area contributed by atoms with Crippen LogP contribution in [0.3, 0.4) is 0 Å². The van der Waals surface area contributed by atoms with Gasteiger partial charge in [0, 0.05) is 18.7 Å². The van der Waals surface area contributed by atoms with Crippen LogP contribution in [-0.2, 0) is 6.54 Å². The number of phenols is 1. The van der Waals surface area contributed by atoms with E-state index in [4.69, 9.17) is 11.6 Å². The van der Waals surface area contributed by atoms with E-state index in [1.54, 1.807) is 6.07 Å². The van der Waals surface area contributed by atoms with Crippen LogP contribution in [0.5, 0.6) is 5.75 Å². The van der Waals surface area contributed by atoms with E-state index in [1.807, 2.05) is 12.1 Å². The molecule has 0 atom stereocenters. The number of hydrogen-bond donors (Lipinski definition) is 1. The molecule has 0 unspecified atom stereocenters. The maximum Gasteiger partial charge on any atom is 0.138 e. The van der Waals surface area contributed by atoms with Gasteiger partial charge in [0.1, 0.15) is 5.75 Å². The average molecular weight is 270 g/mol. The van der Waals surface area contributed by atoms with Gasteiger partial charge in [0.25, 0.3) is 0 Å². The maximum atomic E-state index is 9.93. The summed E-state index contributed by atoms with van der Waals surface area (Å²) in [7, 11) is 0. The maximum absolute atomic E-state index is 9.93. The molecule has 3 heteroatoms. The Labute approximate surface area is 116 Å². The summed E-state index contributed by atoms with van der Waals surface area (Å²) >= 11 is 5.93. The van der Waals surface area contributed by atoms with Crippen molar-refractivity contribution in [2.45, 2.75) is 40.2 Å². The summed E-state index contributed by atoms with van der Waals surface area (Å²) in [6, 6.07) is 5.55. The molecule has 2 nitrogen and oxygen atoms in total. The summed E-state index contributed by atoms with van der Waals surface area (Å²) in [5.41, 5.74) is 0.912. The minimum absolute atomic E-state index is 0.224. The highest BCUT2D eigenvalue weighted by molar-refractivity contribution is 6.32. The van der Waals surface area contributed by atoms with E-state index < -0.39 is 0 Å². The second kappa shape index (κ2) is 7.65. The van der Waals surface area contributed by atoms with Crippen LogP contribution in [0.1, 0.15) is 39.2 Å². The van der Waals surface area contributed by atoms with Gasteiger partial charge < -0.3 is 5.11 Å². The van der Waals surface area contributed by atoms with E-state index in [1.165, 1.54) is 12.8 Å². The Kier molecular flexibility index (Phi) is 6.51. The van der Waals surface area contributed by atoms with Crippen LogP contribution < -0.4 is 0 Å². The third kappa shape index (κ3) is 4.18. The van der Waals surface area contributed by atoms with Gasteiger partial charge in [0.15, 0.2) is 0 Å². The second-order valence-corrected chi connectivity index (χ2v) is 5.17. The Hall–Kier alpha value is -0.730. The Balaban J connectivity index is 2.70. The molecular weight excluding hydrogens is 246 g/mol. The summed E-state index contributed by atoms with van der Waals surface area (Å²) in [6.45, 7) is 9.46. The van der Waals surface area contributed by atoms with Crippen molar-refractivity contribution in [2.75, 3.05) is 13.1 Å². The van der Waals surface area contributed by atoms with Gasteiger partial charge in [-0.05, 0) is 18.5 Å². The summed E-state index contributed by atoms with van der Waals surface area (Å²) in [6.07, 6.45) is 2.41. The predicted molar refractivity (Wildman–Crippen MR) is 78.1 cm³/mol. The minimum Gasteiger partial charge on any atom is -0.506 e. The number of para-hydroxylation sites is 1. The van der Waals surface area contributed by atoms with Gasteiger partial charge in [0.05, 0.1) is 5.02 Å². The van der Waals surface area contributed by atoms with Crippen LogP contribution in [0.2, 0.25) is 5.02 Å². The van der Waals surface area contributed by atoms with E-state index in [9.17, 15) is 5.11 Å². The number of nitrogens with zero attached hydrogens (tertiary/aromatic N) is 1. The summed E-state index contributed by atoms with van der Waals surface area (Å²) in [5, 5.41) is 10.4. The van der Waals surface area contributed by atoms with Crippen molar-refractivity contribution in [1.82, 2.24) is 4.90 Å². The Bertz CT molecular complexity index is 364. The van der Waals surface area contributed by atoms with E-state index in [0.29, 0.717) is 5.02 Å². The topological polar surface area (TPSA) is 23.5 Å². The average Bonchev–Trinajstić information content (AvgIpc) is 2.39. The summed E-state index contributed by atoms with van der Waals surface area (Å²) in [4.78, 5) is 2.36. The smallest absolute Gasteiger partial charge is 0.138 e. The molecule has 0 saturated heterocycles. The zero-order chi connectivity index (χ0) is 13.5. The minimum atomic E-state index is 0.224. The Morgan fingerprint density at radius 3 is 2.44 bits per heavy atom. The van der Waals surface area contributed by atoms with Gasteiger partial charge in [-0.3, -0.25) is 4.90 Å². The fourth-order valence-corrected chi connectivity index (χ4v) is 2.34. The molecule has 0 saturated carbocycles. The fraction of sp³-hybridized carbons (Fsp3) is 0.600. The van der Waals surface area contributed by atoms with Gasteiger partial charge in [-0.2, -0.15) is 0 Å². The molecule has 1 aromatic carbocycles. The van der Waals surface area contributed by atoms with Crippen molar-refractivity contribution in [3.63, 3.8) is 0 Å². The SMILES string of the molecule is CCC(CC)CN(CC)Cc1cccc(Cl)c1O. The zero-order valence-electron chi connectivity index (χ0n) is 11.6. The number of aromatic hydroxyl groups is 1. The predicted octanol–water partition coefficient (Wildman–Crippen LogP) is 4.30. The van der Waals surface area contributed by atoms with Crippen LogP contribution >= 0.6 is 11.6 Å². The molecule has 0 heterocycles. The van der Waals surface area contributed by atoms with Crippen molar-refractivity contribution in [1.29, 1.82) is 0 Å². The highest BCUT2D eigenvalue weighted by atomic mass is 35.5. The van der Waals surface area contributed by atoms with Gasteiger partial charge >= 0.3 is 0 Å². The lowest BCUT2D eigenvalue weighted by molar-refractivity contribution is 0.224. The molecule has 0 amide bonds. The van der Waals surface area contributed by atoms with Crippen molar-refractivity contribution < 1.29 is 5.11 Å². The lowest BCUT2D eigenvalue weighted by Crippen LogP contribution is -2.28. The van der Waals surface area contributed by atoms with Crippen LogP contribution in [-0.4, -0.2) is 23.1 Å². The monoisotopic (exact) mass is 269 g/mol. The van der Waals surface area contributed by atoms with Crippen LogP contribution in [0.4, 0.5) is 0 Å². The number of hydrogen-bond acceptors (Lipinski definition) is 2. The Morgan fingerprint density at radius 1 is 1.22 bits per heavy atom. The van der Waals surface area contributed by atoms with Crippen LogP contribution in [0, 0.1) is 5.92 Å². The largest absolute Gasteiger partial charge is 0.506 e. The molecule has 1 N–H and O–H groups in total. The lowest BCUT2D eigenvalue weighted by atomic mass is 10.0. The first-order chi connectivity index (χ1) is 8.62. The number of benzene rings is 1. The van der Waals surface area contributed by atoms with Gasteiger partial charge in [0.2, 0.25) is 0 Å². The van der Waals surface area contributed by atoms with Gasteiger partial charge in [-0.1, -0.05) is 57.3 Å². The van der Waals surface area contributed by atoms with Gasteiger partial charge in [-0.15, -0.1) is 0 Å². The first-order valence-electron chi connectivity index (χ1n) is 6.80. The summed E-state index contributed by atoms with van der Waals surface area (Å²) < 4.78 is 0. The van der Waals surface area contributed by atoms with E-state index >= 15 is 0 Å². The number of rotatable bonds is 7. The van der Waals surface area contributed by atoms with E-state index in [2.05, 4.69) is 25.7 Å². The number of phenolic OH excluding ortho intramolecular Hbond substituents is 1. The normalized spacial score (nSPS) is 11.4. The highest BCUT2D eigenvalue weighted by Gasteiger charge is 2.13. The van der Waals surface area contributed by atoms with E-state index in [0.717, 1.165) is 31.1 Å². The molecule has 0 bridgehead atoms. The number of halogens is 1. The molecule has 102 valence electrons. The molecular formula is C15H24ClNO. The van der Waals surface area contributed by atoms with Crippen molar-refractivity contribution >= 4 is 11.6 Å². The zero-order valence-corrected chi connectivity index (χ0v) is 12.4. The van der Waals surface area contributed by atoms with Crippen molar-refractivity contribution in [3.05, 3.63) is 28.8 Å².